The minimum Gasteiger partial charge on any atom is -0.465 e. The average Bonchev–Trinajstić information content (AvgIpc) is 2.92. The number of hydrogen-bond donors (Lipinski definition) is 1. The molecule has 0 amide bonds. The van der Waals surface area contributed by atoms with Gasteiger partial charge in [-0.25, -0.2) is 4.79 Å². The lowest BCUT2D eigenvalue weighted by atomic mass is 10.1. The van der Waals surface area contributed by atoms with Gasteiger partial charge in [0, 0.05) is 6.42 Å². The van der Waals surface area contributed by atoms with Crippen molar-refractivity contribution in [2.24, 2.45) is 5.92 Å². The number of esters is 2. The molecule has 0 aromatic rings. The average molecular weight is 244 g/mol. The van der Waals surface area contributed by atoms with E-state index in [0.29, 0.717) is 12.8 Å². The van der Waals surface area contributed by atoms with Crippen LogP contribution in [0.5, 0.6) is 0 Å². The van der Waals surface area contributed by atoms with Gasteiger partial charge in [-0.15, -0.1) is 0 Å². The van der Waals surface area contributed by atoms with Crippen LogP contribution in [-0.2, 0) is 23.8 Å². The Hall–Kier alpha value is -1.14. The van der Waals surface area contributed by atoms with Crippen molar-refractivity contribution in [2.45, 2.75) is 38.1 Å². The number of ether oxygens (including phenoxy) is 3. The number of aliphatic hydroxyl groups excluding tert-OH is 1. The third-order valence-electron chi connectivity index (χ3n) is 3.06. The molecule has 0 saturated carbocycles. The van der Waals surface area contributed by atoms with Crippen LogP contribution in [0.1, 0.15) is 19.8 Å². The summed E-state index contributed by atoms with van der Waals surface area (Å²) in [6.07, 6.45) is 0.194. The molecule has 4 atom stereocenters. The zero-order valence-corrected chi connectivity index (χ0v) is 9.63. The lowest BCUT2D eigenvalue weighted by Crippen LogP contribution is -2.26. The zero-order chi connectivity index (χ0) is 12.4. The molecule has 2 saturated heterocycles. The van der Waals surface area contributed by atoms with Crippen LogP contribution < -0.4 is 0 Å². The molecule has 2 heterocycles. The third-order valence-corrected chi connectivity index (χ3v) is 3.06. The summed E-state index contributed by atoms with van der Waals surface area (Å²) in [5.41, 5.74) is 0. The maximum atomic E-state index is 11.3. The first-order valence-electron chi connectivity index (χ1n) is 5.73. The number of epoxide rings is 1. The van der Waals surface area contributed by atoms with E-state index in [1.165, 1.54) is 0 Å². The smallest absolute Gasteiger partial charge is 0.335 e. The summed E-state index contributed by atoms with van der Waals surface area (Å²) in [5, 5.41) is 9.35. The van der Waals surface area contributed by atoms with Crippen LogP contribution in [0.4, 0.5) is 0 Å². The molecule has 17 heavy (non-hydrogen) atoms. The van der Waals surface area contributed by atoms with Crippen LogP contribution in [0.2, 0.25) is 0 Å². The molecule has 6 nitrogen and oxygen atoms in total. The quantitative estimate of drug-likeness (QED) is 0.524. The van der Waals surface area contributed by atoms with E-state index in [-0.39, 0.29) is 31.4 Å². The highest BCUT2D eigenvalue weighted by Crippen LogP contribution is 2.25. The van der Waals surface area contributed by atoms with Crippen molar-refractivity contribution in [3.05, 3.63) is 0 Å². The molecule has 0 aromatic heterocycles. The van der Waals surface area contributed by atoms with Gasteiger partial charge in [-0.3, -0.25) is 4.79 Å². The van der Waals surface area contributed by atoms with Gasteiger partial charge < -0.3 is 19.3 Å². The van der Waals surface area contributed by atoms with Gasteiger partial charge in [0.2, 0.25) is 0 Å². The molecule has 0 aromatic carbocycles. The van der Waals surface area contributed by atoms with Crippen molar-refractivity contribution in [1.29, 1.82) is 0 Å². The van der Waals surface area contributed by atoms with E-state index >= 15 is 0 Å². The number of carbonyl (C=O) groups is 2. The van der Waals surface area contributed by atoms with Crippen LogP contribution in [0.15, 0.2) is 0 Å². The molecule has 2 aliphatic rings. The Kier molecular flexibility index (Phi) is 3.63. The third kappa shape index (κ3) is 3.17. The molecule has 2 aliphatic heterocycles. The molecule has 0 spiro atoms. The molecule has 2 unspecified atom stereocenters. The van der Waals surface area contributed by atoms with E-state index in [2.05, 4.69) is 4.74 Å². The molecule has 0 bridgehead atoms. The maximum absolute atomic E-state index is 11.3. The highest BCUT2D eigenvalue weighted by molar-refractivity contribution is 5.76. The van der Waals surface area contributed by atoms with Crippen molar-refractivity contribution in [1.82, 2.24) is 0 Å². The van der Waals surface area contributed by atoms with Crippen LogP contribution in [-0.4, -0.2) is 48.6 Å². The molecule has 2 fully saturated rings. The molecule has 6 heteroatoms. The van der Waals surface area contributed by atoms with E-state index in [9.17, 15) is 14.7 Å². The minimum atomic E-state index is -1.17. The van der Waals surface area contributed by atoms with Gasteiger partial charge in [-0.2, -0.15) is 0 Å². The fourth-order valence-electron chi connectivity index (χ4n) is 1.76. The Bertz CT molecular complexity index is 315. The summed E-state index contributed by atoms with van der Waals surface area (Å²) in [4.78, 5) is 22.2. The molecular formula is C11H16O6. The van der Waals surface area contributed by atoms with E-state index in [1.807, 2.05) is 6.92 Å². The zero-order valence-electron chi connectivity index (χ0n) is 9.63. The number of aliphatic hydroxyl groups is 1. The second kappa shape index (κ2) is 5.01. The molecule has 2 rings (SSSR count). The maximum Gasteiger partial charge on any atom is 0.335 e. The molecular weight excluding hydrogens is 228 g/mol. The van der Waals surface area contributed by atoms with Crippen LogP contribution in [0.3, 0.4) is 0 Å². The Labute approximate surface area is 98.8 Å². The first kappa shape index (κ1) is 12.3. The van der Waals surface area contributed by atoms with Gasteiger partial charge in [-0.1, -0.05) is 0 Å². The highest BCUT2D eigenvalue weighted by Gasteiger charge is 2.37. The first-order valence-corrected chi connectivity index (χ1v) is 5.73. The Morgan fingerprint density at radius 2 is 2.29 bits per heavy atom. The fourth-order valence-corrected chi connectivity index (χ4v) is 1.76. The summed E-state index contributed by atoms with van der Waals surface area (Å²) in [7, 11) is 0. The van der Waals surface area contributed by atoms with E-state index in [4.69, 9.17) is 9.47 Å². The van der Waals surface area contributed by atoms with Gasteiger partial charge in [-0.05, 0) is 13.3 Å². The van der Waals surface area contributed by atoms with E-state index < -0.39 is 18.0 Å². The van der Waals surface area contributed by atoms with E-state index in [0.717, 1.165) is 0 Å². The van der Waals surface area contributed by atoms with Gasteiger partial charge in [0.1, 0.15) is 13.2 Å². The van der Waals surface area contributed by atoms with Gasteiger partial charge in [0.15, 0.2) is 6.10 Å². The second-order valence-corrected chi connectivity index (χ2v) is 4.44. The summed E-state index contributed by atoms with van der Waals surface area (Å²) >= 11 is 0. The van der Waals surface area contributed by atoms with Crippen LogP contribution in [0.25, 0.3) is 0 Å². The largest absolute Gasteiger partial charge is 0.465 e. The molecule has 96 valence electrons. The Morgan fingerprint density at radius 3 is 2.82 bits per heavy atom. The second-order valence-electron chi connectivity index (χ2n) is 4.44. The lowest BCUT2D eigenvalue weighted by Gasteiger charge is -2.10. The normalized spacial score (nSPS) is 35.5. The summed E-state index contributed by atoms with van der Waals surface area (Å²) in [6.45, 7) is 2.08. The van der Waals surface area contributed by atoms with Crippen LogP contribution in [0, 0.1) is 5.92 Å². The van der Waals surface area contributed by atoms with Gasteiger partial charge >= 0.3 is 11.9 Å². The van der Waals surface area contributed by atoms with Crippen molar-refractivity contribution in [3.63, 3.8) is 0 Å². The SMILES string of the molecule is CC1OC1CCC(=O)OC[C@H]1COC(=O)[C@H]1O. The van der Waals surface area contributed by atoms with Gasteiger partial charge in [0.25, 0.3) is 0 Å². The molecule has 0 aliphatic carbocycles. The molecule has 1 N–H and O–H groups in total. The van der Waals surface area contributed by atoms with Gasteiger partial charge in [0.05, 0.1) is 18.1 Å². The minimum absolute atomic E-state index is 0.0207. The topological polar surface area (TPSA) is 85.4 Å². The standard InChI is InChI=1S/C11H16O6/c1-6-8(17-6)2-3-9(12)15-4-7-5-16-11(14)10(7)13/h6-8,10,13H,2-5H2,1H3/t6?,7-,8?,10-/m0/s1. The lowest BCUT2D eigenvalue weighted by molar-refractivity contribution is -0.148. The van der Waals surface area contributed by atoms with Crippen molar-refractivity contribution < 1.29 is 28.9 Å². The summed E-state index contributed by atoms with van der Waals surface area (Å²) < 4.78 is 14.8. The summed E-state index contributed by atoms with van der Waals surface area (Å²) in [5.74, 6) is -1.42. The van der Waals surface area contributed by atoms with Crippen LogP contribution >= 0.6 is 0 Å². The first-order chi connectivity index (χ1) is 8.08. The molecule has 0 radical (unpaired) electrons. The van der Waals surface area contributed by atoms with Crippen molar-refractivity contribution in [3.8, 4) is 0 Å². The number of carbonyl (C=O) groups excluding carboxylic acids is 2. The monoisotopic (exact) mass is 244 g/mol. The predicted octanol–water partition coefficient (Wildman–Crippen LogP) is -0.369. The Morgan fingerprint density at radius 1 is 1.59 bits per heavy atom. The highest BCUT2D eigenvalue weighted by atomic mass is 16.6. The number of hydrogen-bond acceptors (Lipinski definition) is 6. The Balaban J connectivity index is 1.61. The number of rotatable bonds is 5. The van der Waals surface area contributed by atoms with E-state index in [1.54, 1.807) is 0 Å². The van der Waals surface area contributed by atoms with Crippen molar-refractivity contribution >= 4 is 11.9 Å². The predicted molar refractivity (Wildman–Crippen MR) is 55.0 cm³/mol. The number of cyclic esters (lactones) is 1. The van der Waals surface area contributed by atoms with Crippen molar-refractivity contribution in [2.75, 3.05) is 13.2 Å². The fraction of sp³-hybridized carbons (Fsp3) is 0.818. The summed E-state index contributed by atoms with van der Waals surface area (Å²) in [6, 6.07) is 0.